The molecule has 0 saturated carbocycles. The molecule has 0 atom stereocenters. The van der Waals surface area contributed by atoms with Gasteiger partial charge in [0, 0.05) is 5.56 Å². The first-order valence-electron chi connectivity index (χ1n) is 4.94. The Morgan fingerprint density at radius 3 is 2.81 bits per heavy atom. The molecule has 5 heteroatoms. The van der Waals surface area contributed by atoms with E-state index in [1.807, 2.05) is 38.1 Å². The summed E-state index contributed by atoms with van der Waals surface area (Å²) in [5.41, 5.74) is 8.62. The number of rotatable bonds is 4. The number of ether oxygens (including phenoxy) is 1. The zero-order valence-corrected chi connectivity index (χ0v) is 10.1. The highest BCUT2D eigenvalue weighted by Crippen LogP contribution is 2.17. The molecule has 4 nitrogen and oxygen atoms in total. The van der Waals surface area contributed by atoms with Gasteiger partial charge < -0.3 is 10.5 Å². The molecule has 1 aromatic rings. The lowest BCUT2D eigenvalue weighted by Gasteiger charge is -2.11. The number of para-hydroxylation sites is 1. The van der Waals surface area contributed by atoms with E-state index in [1.54, 1.807) is 6.21 Å². The molecule has 0 amide bonds. The molecule has 0 unspecified atom stereocenters. The Morgan fingerprint density at radius 2 is 2.19 bits per heavy atom. The van der Waals surface area contributed by atoms with Crippen LogP contribution < -0.4 is 15.9 Å². The number of hydrogen-bond donors (Lipinski definition) is 2. The molecule has 16 heavy (non-hydrogen) atoms. The van der Waals surface area contributed by atoms with Crippen molar-refractivity contribution in [2.45, 2.75) is 20.0 Å². The molecular weight excluding hydrogens is 222 g/mol. The predicted octanol–water partition coefficient (Wildman–Crippen LogP) is 1.64. The summed E-state index contributed by atoms with van der Waals surface area (Å²) in [7, 11) is 0. The summed E-state index contributed by atoms with van der Waals surface area (Å²) in [6, 6.07) is 7.62. The van der Waals surface area contributed by atoms with Gasteiger partial charge in [0.2, 0.25) is 0 Å². The third-order valence-corrected chi connectivity index (χ3v) is 1.75. The summed E-state index contributed by atoms with van der Waals surface area (Å²) < 4.78 is 5.62. The average molecular weight is 237 g/mol. The van der Waals surface area contributed by atoms with E-state index in [4.69, 9.17) is 10.5 Å². The Kier molecular flexibility index (Phi) is 4.72. The second-order valence-electron chi connectivity index (χ2n) is 3.44. The molecular formula is C11H15N3OS. The maximum absolute atomic E-state index is 5.62. The maximum atomic E-state index is 5.62. The highest BCUT2D eigenvalue weighted by atomic mass is 32.1. The molecule has 1 aromatic carbocycles. The van der Waals surface area contributed by atoms with E-state index in [0.717, 1.165) is 11.3 Å². The summed E-state index contributed by atoms with van der Waals surface area (Å²) in [6.45, 7) is 3.95. The number of thiocarbonyl (C=S) groups is 1. The molecule has 0 bridgehead atoms. The van der Waals surface area contributed by atoms with E-state index >= 15 is 0 Å². The van der Waals surface area contributed by atoms with Crippen LogP contribution in [0, 0.1) is 0 Å². The average Bonchev–Trinajstić information content (AvgIpc) is 2.19. The molecule has 0 spiro atoms. The normalized spacial score (nSPS) is 10.7. The lowest BCUT2D eigenvalue weighted by molar-refractivity contribution is 0.242. The van der Waals surface area contributed by atoms with Crippen LogP contribution in [0.5, 0.6) is 5.75 Å². The first kappa shape index (κ1) is 12.4. The van der Waals surface area contributed by atoms with E-state index < -0.39 is 0 Å². The molecule has 0 saturated heterocycles. The second-order valence-corrected chi connectivity index (χ2v) is 3.88. The first-order valence-corrected chi connectivity index (χ1v) is 5.34. The summed E-state index contributed by atoms with van der Waals surface area (Å²) in [5.74, 6) is 0.783. The van der Waals surface area contributed by atoms with Gasteiger partial charge in [-0.25, -0.2) is 0 Å². The van der Waals surface area contributed by atoms with Crippen LogP contribution in [0.2, 0.25) is 0 Å². The third-order valence-electron chi connectivity index (χ3n) is 1.66. The zero-order chi connectivity index (χ0) is 12.0. The van der Waals surface area contributed by atoms with Crippen molar-refractivity contribution in [1.82, 2.24) is 5.43 Å². The minimum absolute atomic E-state index is 0.123. The summed E-state index contributed by atoms with van der Waals surface area (Å²) >= 11 is 4.64. The third kappa shape index (κ3) is 4.27. The molecule has 3 N–H and O–H groups in total. The van der Waals surface area contributed by atoms with Gasteiger partial charge in [-0.05, 0) is 38.2 Å². The number of nitrogens with two attached hydrogens (primary N) is 1. The molecule has 0 aliphatic heterocycles. The number of hydrazone groups is 1. The van der Waals surface area contributed by atoms with Crippen LogP contribution in [0.4, 0.5) is 0 Å². The topological polar surface area (TPSA) is 59.6 Å². The highest BCUT2D eigenvalue weighted by molar-refractivity contribution is 7.80. The number of benzene rings is 1. The SMILES string of the molecule is CC(C)Oc1ccccc1/C=N/NC(N)=S. The van der Waals surface area contributed by atoms with Gasteiger partial charge in [0.1, 0.15) is 5.75 Å². The van der Waals surface area contributed by atoms with Gasteiger partial charge in [0.15, 0.2) is 5.11 Å². The first-order chi connectivity index (χ1) is 7.59. The van der Waals surface area contributed by atoms with Crippen LogP contribution in [0.1, 0.15) is 19.4 Å². The standard InChI is InChI=1S/C11H15N3OS/c1-8(2)15-10-6-4-3-5-9(10)7-13-14-11(12)16/h3-8H,1-2H3,(H3,12,14,16)/b13-7+. The summed E-state index contributed by atoms with van der Waals surface area (Å²) in [6.07, 6.45) is 1.75. The zero-order valence-electron chi connectivity index (χ0n) is 9.31. The minimum atomic E-state index is 0.123. The molecule has 0 aliphatic rings. The number of nitrogens with zero attached hydrogens (tertiary/aromatic N) is 1. The van der Waals surface area contributed by atoms with Crippen molar-refractivity contribution in [1.29, 1.82) is 0 Å². The smallest absolute Gasteiger partial charge is 0.184 e. The quantitative estimate of drug-likeness (QED) is 0.475. The van der Waals surface area contributed by atoms with Crippen LogP contribution in [0.25, 0.3) is 0 Å². The Morgan fingerprint density at radius 1 is 1.50 bits per heavy atom. The molecule has 0 fully saturated rings. The van der Waals surface area contributed by atoms with Crippen LogP contribution in [0.3, 0.4) is 0 Å². The van der Waals surface area contributed by atoms with Gasteiger partial charge in [0.05, 0.1) is 12.3 Å². The van der Waals surface area contributed by atoms with Crippen LogP contribution >= 0.6 is 12.2 Å². The Hall–Kier alpha value is -1.62. The van der Waals surface area contributed by atoms with E-state index in [1.165, 1.54) is 0 Å². The van der Waals surface area contributed by atoms with Gasteiger partial charge in [-0.15, -0.1) is 0 Å². The van der Waals surface area contributed by atoms with Gasteiger partial charge in [-0.2, -0.15) is 5.10 Å². The summed E-state index contributed by atoms with van der Waals surface area (Å²) in [5, 5.41) is 4.03. The predicted molar refractivity (Wildman–Crippen MR) is 69.7 cm³/mol. The lowest BCUT2D eigenvalue weighted by atomic mass is 10.2. The fourth-order valence-corrected chi connectivity index (χ4v) is 1.17. The maximum Gasteiger partial charge on any atom is 0.184 e. The van der Waals surface area contributed by atoms with Crippen molar-refractivity contribution < 1.29 is 4.74 Å². The van der Waals surface area contributed by atoms with Crippen LogP contribution in [-0.4, -0.2) is 17.4 Å². The van der Waals surface area contributed by atoms with E-state index in [2.05, 4.69) is 22.7 Å². The van der Waals surface area contributed by atoms with Crippen molar-refractivity contribution in [2.75, 3.05) is 0 Å². The van der Waals surface area contributed by atoms with E-state index in [-0.39, 0.29) is 11.2 Å². The van der Waals surface area contributed by atoms with Crippen molar-refractivity contribution in [3.8, 4) is 5.75 Å². The second kappa shape index (κ2) is 6.07. The molecule has 1 rings (SSSR count). The fourth-order valence-electron chi connectivity index (χ4n) is 1.11. The van der Waals surface area contributed by atoms with Crippen molar-refractivity contribution in [3.63, 3.8) is 0 Å². The number of hydrogen-bond acceptors (Lipinski definition) is 3. The molecule has 86 valence electrons. The molecule has 0 aliphatic carbocycles. The Balaban J connectivity index is 2.78. The highest BCUT2D eigenvalue weighted by Gasteiger charge is 2.02. The fraction of sp³-hybridized carbons (Fsp3) is 0.273. The van der Waals surface area contributed by atoms with Crippen LogP contribution in [-0.2, 0) is 0 Å². The van der Waals surface area contributed by atoms with Crippen molar-refractivity contribution in [2.24, 2.45) is 10.8 Å². The minimum Gasteiger partial charge on any atom is -0.490 e. The Bertz CT molecular complexity index is 391. The molecule has 0 heterocycles. The number of nitrogens with one attached hydrogen (secondary N) is 1. The van der Waals surface area contributed by atoms with Gasteiger partial charge >= 0.3 is 0 Å². The van der Waals surface area contributed by atoms with Gasteiger partial charge in [-0.1, -0.05) is 12.1 Å². The molecule has 0 aromatic heterocycles. The van der Waals surface area contributed by atoms with Crippen molar-refractivity contribution >= 4 is 23.5 Å². The van der Waals surface area contributed by atoms with E-state index in [0.29, 0.717) is 0 Å². The molecule has 0 radical (unpaired) electrons. The van der Waals surface area contributed by atoms with E-state index in [9.17, 15) is 0 Å². The lowest BCUT2D eigenvalue weighted by Crippen LogP contribution is -2.24. The van der Waals surface area contributed by atoms with Crippen LogP contribution in [0.15, 0.2) is 29.4 Å². The summed E-state index contributed by atoms with van der Waals surface area (Å²) in [4.78, 5) is 0. The largest absolute Gasteiger partial charge is 0.490 e. The van der Waals surface area contributed by atoms with Crippen molar-refractivity contribution in [3.05, 3.63) is 29.8 Å². The van der Waals surface area contributed by atoms with Gasteiger partial charge in [0.25, 0.3) is 0 Å². The van der Waals surface area contributed by atoms with Gasteiger partial charge in [-0.3, -0.25) is 5.43 Å². The monoisotopic (exact) mass is 237 g/mol. The Labute approximate surface area is 100 Å².